The van der Waals surface area contributed by atoms with Crippen molar-refractivity contribution in [3.8, 4) is 0 Å². The zero-order valence-electron chi connectivity index (χ0n) is 13.0. The molecule has 0 saturated heterocycles. The van der Waals surface area contributed by atoms with E-state index in [9.17, 15) is 4.79 Å². The van der Waals surface area contributed by atoms with Gasteiger partial charge in [-0.05, 0) is 38.0 Å². The molecule has 1 fully saturated rings. The maximum Gasteiger partial charge on any atom is 0.308 e. The second-order valence-corrected chi connectivity index (χ2v) is 6.06. The van der Waals surface area contributed by atoms with Gasteiger partial charge in [0.25, 0.3) is 0 Å². The Kier molecular flexibility index (Phi) is 8.94. The van der Waals surface area contributed by atoms with Crippen molar-refractivity contribution in [1.82, 2.24) is 0 Å². The molecule has 0 unspecified atom stereocenters. The highest BCUT2D eigenvalue weighted by Gasteiger charge is 2.26. The molecule has 1 aliphatic rings. The monoisotopic (exact) mass is 268 g/mol. The normalized spacial score (nSPS) is 23.3. The van der Waals surface area contributed by atoms with Gasteiger partial charge in [-0.1, -0.05) is 52.4 Å². The highest BCUT2D eigenvalue weighted by atomic mass is 16.5. The van der Waals surface area contributed by atoms with Crippen molar-refractivity contribution in [3.63, 3.8) is 0 Å². The van der Waals surface area contributed by atoms with Gasteiger partial charge < -0.3 is 4.74 Å². The van der Waals surface area contributed by atoms with Crippen LogP contribution in [0.5, 0.6) is 0 Å². The van der Waals surface area contributed by atoms with Crippen LogP contribution in [0.25, 0.3) is 0 Å². The Morgan fingerprint density at radius 3 is 2.21 bits per heavy atom. The summed E-state index contributed by atoms with van der Waals surface area (Å²) < 4.78 is 5.42. The Hall–Kier alpha value is -0.530. The molecule has 0 bridgehead atoms. The summed E-state index contributed by atoms with van der Waals surface area (Å²) in [5, 5.41) is 0. The molecule has 1 saturated carbocycles. The molecule has 0 N–H and O–H groups in total. The fourth-order valence-corrected chi connectivity index (χ4v) is 2.98. The van der Waals surface area contributed by atoms with Gasteiger partial charge in [0.15, 0.2) is 0 Å². The standard InChI is InChI=1S/C17H32O2/c1-3-5-6-7-8-9-14-19-17(18)16-12-10-15(4-2)11-13-16/h15-16H,3-14H2,1-2H3. The van der Waals surface area contributed by atoms with Gasteiger partial charge in [0, 0.05) is 0 Å². The molecule has 0 heterocycles. The largest absolute Gasteiger partial charge is 0.465 e. The molecule has 0 amide bonds. The molecular formula is C17H32O2. The molecule has 2 nitrogen and oxygen atoms in total. The number of carbonyl (C=O) groups excluding carboxylic acids is 1. The van der Waals surface area contributed by atoms with E-state index in [2.05, 4.69) is 13.8 Å². The molecule has 0 spiro atoms. The predicted octanol–water partition coefficient (Wildman–Crippen LogP) is 5.11. The first-order valence-electron chi connectivity index (χ1n) is 8.44. The van der Waals surface area contributed by atoms with Gasteiger partial charge >= 0.3 is 5.97 Å². The molecule has 0 atom stereocenters. The van der Waals surface area contributed by atoms with Gasteiger partial charge in [-0.25, -0.2) is 0 Å². The van der Waals surface area contributed by atoms with Crippen molar-refractivity contribution in [2.75, 3.05) is 6.61 Å². The van der Waals surface area contributed by atoms with Crippen LogP contribution < -0.4 is 0 Å². The van der Waals surface area contributed by atoms with Gasteiger partial charge in [-0.2, -0.15) is 0 Å². The lowest BCUT2D eigenvalue weighted by molar-refractivity contribution is -0.150. The maximum atomic E-state index is 11.9. The summed E-state index contributed by atoms with van der Waals surface area (Å²) in [5.74, 6) is 1.12. The average molecular weight is 268 g/mol. The summed E-state index contributed by atoms with van der Waals surface area (Å²) in [7, 11) is 0. The van der Waals surface area contributed by atoms with Crippen LogP contribution in [-0.2, 0) is 9.53 Å². The van der Waals surface area contributed by atoms with Crippen LogP contribution in [0.1, 0.15) is 84.5 Å². The van der Waals surface area contributed by atoms with E-state index in [1.54, 1.807) is 0 Å². The van der Waals surface area contributed by atoms with E-state index in [4.69, 9.17) is 4.74 Å². The number of ether oxygens (including phenoxy) is 1. The second-order valence-electron chi connectivity index (χ2n) is 6.06. The van der Waals surface area contributed by atoms with Crippen molar-refractivity contribution < 1.29 is 9.53 Å². The molecule has 0 radical (unpaired) electrons. The third-order valence-electron chi connectivity index (χ3n) is 4.50. The zero-order valence-corrected chi connectivity index (χ0v) is 13.0. The highest BCUT2D eigenvalue weighted by Crippen LogP contribution is 2.31. The zero-order chi connectivity index (χ0) is 13.9. The van der Waals surface area contributed by atoms with Crippen molar-refractivity contribution in [3.05, 3.63) is 0 Å². The van der Waals surface area contributed by atoms with Gasteiger partial charge in [-0.15, -0.1) is 0 Å². The van der Waals surface area contributed by atoms with Gasteiger partial charge in [0.05, 0.1) is 12.5 Å². The van der Waals surface area contributed by atoms with E-state index in [0.29, 0.717) is 6.61 Å². The molecule has 0 aromatic carbocycles. The fourth-order valence-electron chi connectivity index (χ4n) is 2.98. The molecule has 112 valence electrons. The maximum absolute atomic E-state index is 11.9. The van der Waals surface area contributed by atoms with Gasteiger partial charge in [-0.3, -0.25) is 4.79 Å². The third kappa shape index (κ3) is 6.98. The van der Waals surface area contributed by atoms with Gasteiger partial charge in [0.1, 0.15) is 0 Å². The van der Waals surface area contributed by atoms with Crippen molar-refractivity contribution in [2.45, 2.75) is 84.5 Å². The van der Waals surface area contributed by atoms with Crippen molar-refractivity contribution in [2.24, 2.45) is 11.8 Å². The fraction of sp³-hybridized carbons (Fsp3) is 0.941. The van der Waals surface area contributed by atoms with Crippen LogP contribution in [0, 0.1) is 11.8 Å². The minimum Gasteiger partial charge on any atom is -0.465 e. The Balaban J connectivity index is 1.99. The van der Waals surface area contributed by atoms with Crippen molar-refractivity contribution >= 4 is 5.97 Å². The lowest BCUT2D eigenvalue weighted by atomic mass is 9.81. The van der Waals surface area contributed by atoms with E-state index >= 15 is 0 Å². The molecule has 0 aromatic heterocycles. The molecule has 19 heavy (non-hydrogen) atoms. The van der Waals surface area contributed by atoms with Crippen LogP contribution >= 0.6 is 0 Å². The van der Waals surface area contributed by atoms with E-state index in [1.807, 2.05) is 0 Å². The Morgan fingerprint density at radius 2 is 1.58 bits per heavy atom. The summed E-state index contributed by atoms with van der Waals surface area (Å²) in [6.45, 7) is 5.12. The number of hydrogen-bond acceptors (Lipinski definition) is 2. The van der Waals surface area contributed by atoms with Crippen LogP contribution in [0.3, 0.4) is 0 Å². The number of unbranched alkanes of at least 4 members (excludes halogenated alkanes) is 5. The topological polar surface area (TPSA) is 26.3 Å². The molecule has 1 rings (SSSR count). The first-order valence-corrected chi connectivity index (χ1v) is 8.44. The van der Waals surface area contributed by atoms with Gasteiger partial charge in [0.2, 0.25) is 0 Å². The number of rotatable bonds is 9. The van der Waals surface area contributed by atoms with Crippen molar-refractivity contribution in [1.29, 1.82) is 0 Å². The second kappa shape index (κ2) is 10.3. The quantitative estimate of drug-likeness (QED) is 0.429. The molecular weight excluding hydrogens is 236 g/mol. The Bertz CT molecular complexity index is 229. The number of hydrogen-bond donors (Lipinski definition) is 0. The van der Waals surface area contributed by atoms with Crippen LogP contribution in [0.2, 0.25) is 0 Å². The van der Waals surface area contributed by atoms with E-state index in [0.717, 1.165) is 25.2 Å². The van der Waals surface area contributed by atoms with Crippen LogP contribution in [0.15, 0.2) is 0 Å². The van der Waals surface area contributed by atoms with Crippen LogP contribution in [-0.4, -0.2) is 12.6 Å². The number of esters is 1. The molecule has 1 aliphatic carbocycles. The SMILES string of the molecule is CCCCCCCCOC(=O)C1CCC(CC)CC1. The summed E-state index contributed by atoms with van der Waals surface area (Å²) in [5.41, 5.74) is 0. The minimum absolute atomic E-state index is 0.0723. The first kappa shape index (κ1) is 16.5. The average Bonchev–Trinajstić information content (AvgIpc) is 2.46. The predicted molar refractivity (Wildman–Crippen MR) is 80.1 cm³/mol. The van der Waals surface area contributed by atoms with E-state index in [1.165, 1.54) is 51.4 Å². The van der Waals surface area contributed by atoms with E-state index in [-0.39, 0.29) is 11.9 Å². The third-order valence-corrected chi connectivity index (χ3v) is 4.50. The first-order chi connectivity index (χ1) is 9.27. The van der Waals surface area contributed by atoms with E-state index < -0.39 is 0 Å². The molecule has 0 aromatic rings. The highest BCUT2D eigenvalue weighted by molar-refractivity contribution is 5.72. The number of carbonyl (C=O) groups is 1. The lowest BCUT2D eigenvalue weighted by Crippen LogP contribution is -2.23. The Labute approximate surface area is 119 Å². The lowest BCUT2D eigenvalue weighted by Gasteiger charge is -2.26. The summed E-state index contributed by atoms with van der Waals surface area (Å²) in [4.78, 5) is 11.9. The van der Waals surface area contributed by atoms with Crippen LogP contribution in [0.4, 0.5) is 0 Å². The summed E-state index contributed by atoms with van der Waals surface area (Å²) in [6, 6.07) is 0. The minimum atomic E-state index is 0.0723. The molecule has 2 heteroatoms. The Morgan fingerprint density at radius 1 is 0.947 bits per heavy atom. The summed E-state index contributed by atoms with van der Waals surface area (Å²) in [6.07, 6.45) is 13.3. The molecule has 0 aliphatic heterocycles. The summed E-state index contributed by atoms with van der Waals surface area (Å²) >= 11 is 0. The smallest absolute Gasteiger partial charge is 0.308 e.